The lowest BCUT2D eigenvalue weighted by atomic mass is 10.2. The van der Waals surface area contributed by atoms with Crippen LogP contribution in [-0.4, -0.2) is 40.9 Å². The lowest BCUT2D eigenvalue weighted by Gasteiger charge is -2.28. The Kier molecular flexibility index (Phi) is 4.04. The van der Waals surface area contributed by atoms with Gasteiger partial charge in [-0.2, -0.15) is 10.1 Å². The zero-order valence-electron chi connectivity index (χ0n) is 13.8. The van der Waals surface area contributed by atoms with Crippen molar-refractivity contribution in [3.8, 4) is 5.88 Å². The maximum atomic E-state index is 5.91. The summed E-state index contributed by atoms with van der Waals surface area (Å²) in [4.78, 5) is 6.92. The third-order valence-electron chi connectivity index (χ3n) is 4.35. The number of rotatable bonds is 4. The van der Waals surface area contributed by atoms with E-state index in [2.05, 4.69) is 38.5 Å². The van der Waals surface area contributed by atoms with Crippen LogP contribution in [0.15, 0.2) is 42.6 Å². The van der Waals surface area contributed by atoms with Gasteiger partial charge in [0, 0.05) is 44.7 Å². The van der Waals surface area contributed by atoms with Crippen LogP contribution in [0.4, 0.5) is 5.82 Å². The predicted octanol–water partition coefficient (Wildman–Crippen LogP) is 1.96. The number of benzene rings is 1. The molecule has 6 nitrogen and oxygen atoms in total. The monoisotopic (exact) mass is 323 g/mol. The van der Waals surface area contributed by atoms with Crippen LogP contribution < -0.4 is 15.0 Å². The highest BCUT2D eigenvalue weighted by Gasteiger charge is 2.12. The van der Waals surface area contributed by atoms with Gasteiger partial charge in [0.15, 0.2) is 0 Å². The van der Waals surface area contributed by atoms with Gasteiger partial charge < -0.3 is 15.0 Å². The first-order chi connectivity index (χ1) is 11.8. The fourth-order valence-corrected chi connectivity index (χ4v) is 2.99. The van der Waals surface area contributed by atoms with E-state index in [9.17, 15) is 0 Å². The number of nitrogens with zero attached hydrogens (tertiary/aromatic N) is 4. The van der Waals surface area contributed by atoms with Gasteiger partial charge in [-0.1, -0.05) is 18.2 Å². The maximum Gasteiger partial charge on any atom is 0.215 e. The number of pyridine rings is 1. The van der Waals surface area contributed by atoms with Crippen LogP contribution in [0.5, 0.6) is 5.88 Å². The second kappa shape index (κ2) is 6.49. The van der Waals surface area contributed by atoms with Gasteiger partial charge in [-0.25, -0.2) is 0 Å². The first-order valence-electron chi connectivity index (χ1n) is 8.26. The molecule has 0 atom stereocenters. The molecule has 0 amide bonds. The second-order valence-corrected chi connectivity index (χ2v) is 6.02. The van der Waals surface area contributed by atoms with Crippen molar-refractivity contribution in [3.05, 3.63) is 48.2 Å². The molecule has 124 valence electrons. The number of nitrogens with one attached hydrogen (secondary N) is 1. The van der Waals surface area contributed by atoms with Crippen molar-refractivity contribution in [2.45, 2.75) is 6.61 Å². The molecule has 1 N–H and O–H groups in total. The highest BCUT2D eigenvalue weighted by atomic mass is 16.5. The summed E-state index contributed by atoms with van der Waals surface area (Å²) in [6.45, 7) is 4.45. The number of fused-ring (bicyclic) bond motifs is 1. The predicted molar refractivity (Wildman–Crippen MR) is 94.4 cm³/mol. The quantitative estimate of drug-likeness (QED) is 0.795. The van der Waals surface area contributed by atoms with Crippen LogP contribution in [0.1, 0.15) is 5.56 Å². The van der Waals surface area contributed by atoms with Gasteiger partial charge in [-0.3, -0.25) is 4.68 Å². The Balaban J connectivity index is 1.47. The number of hydrogen-bond donors (Lipinski definition) is 1. The van der Waals surface area contributed by atoms with Crippen molar-refractivity contribution >= 4 is 16.7 Å². The minimum Gasteiger partial charge on any atom is -0.473 e. The molecule has 0 unspecified atom stereocenters. The zero-order chi connectivity index (χ0) is 16.4. The van der Waals surface area contributed by atoms with Crippen LogP contribution in [0.25, 0.3) is 10.9 Å². The molecular weight excluding hydrogens is 302 g/mol. The van der Waals surface area contributed by atoms with Crippen molar-refractivity contribution in [2.75, 3.05) is 31.1 Å². The molecule has 1 aromatic carbocycles. The van der Waals surface area contributed by atoms with E-state index in [1.807, 2.05) is 36.1 Å². The SMILES string of the molecule is Cn1ncc2ccc(COc3cccc(N4CCNCC4)n3)cc21. The van der Waals surface area contributed by atoms with E-state index in [0.29, 0.717) is 12.5 Å². The van der Waals surface area contributed by atoms with E-state index in [0.717, 1.165) is 48.5 Å². The van der Waals surface area contributed by atoms with Gasteiger partial charge in [0.05, 0.1) is 11.7 Å². The Morgan fingerprint density at radius 2 is 2.04 bits per heavy atom. The third-order valence-corrected chi connectivity index (χ3v) is 4.35. The molecule has 0 bridgehead atoms. The summed E-state index contributed by atoms with van der Waals surface area (Å²) in [6.07, 6.45) is 1.87. The maximum absolute atomic E-state index is 5.91. The van der Waals surface area contributed by atoms with Gasteiger partial charge in [0.25, 0.3) is 0 Å². The van der Waals surface area contributed by atoms with E-state index in [4.69, 9.17) is 4.74 Å². The van der Waals surface area contributed by atoms with Crippen molar-refractivity contribution in [1.82, 2.24) is 20.1 Å². The number of piperazine rings is 1. The molecule has 1 aliphatic heterocycles. The summed E-state index contributed by atoms with van der Waals surface area (Å²) in [7, 11) is 1.95. The van der Waals surface area contributed by atoms with E-state index in [-0.39, 0.29) is 0 Å². The molecule has 1 saturated heterocycles. The van der Waals surface area contributed by atoms with Crippen LogP contribution in [0.3, 0.4) is 0 Å². The lowest BCUT2D eigenvalue weighted by Crippen LogP contribution is -2.43. The second-order valence-electron chi connectivity index (χ2n) is 6.02. The van der Waals surface area contributed by atoms with E-state index in [1.54, 1.807) is 0 Å². The Morgan fingerprint density at radius 3 is 2.92 bits per heavy atom. The minimum atomic E-state index is 0.499. The standard InChI is InChI=1S/C18H21N5O/c1-22-16-11-14(5-6-15(16)12-20-22)13-24-18-4-2-3-17(21-18)23-9-7-19-8-10-23/h2-6,11-12,19H,7-10,13H2,1H3. The van der Waals surface area contributed by atoms with Gasteiger partial charge in [-0.05, 0) is 17.7 Å². The molecule has 4 rings (SSSR count). The van der Waals surface area contributed by atoms with Crippen molar-refractivity contribution < 1.29 is 4.74 Å². The minimum absolute atomic E-state index is 0.499. The van der Waals surface area contributed by atoms with Crippen LogP contribution in [0, 0.1) is 0 Å². The average molecular weight is 323 g/mol. The first kappa shape index (κ1) is 15.0. The van der Waals surface area contributed by atoms with Crippen LogP contribution >= 0.6 is 0 Å². The summed E-state index contributed by atoms with van der Waals surface area (Å²) >= 11 is 0. The van der Waals surface area contributed by atoms with Crippen molar-refractivity contribution in [2.24, 2.45) is 7.05 Å². The van der Waals surface area contributed by atoms with Gasteiger partial charge in [0.1, 0.15) is 12.4 Å². The Bertz CT molecular complexity index is 838. The first-order valence-corrected chi connectivity index (χ1v) is 8.26. The molecule has 1 aliphatic rings. The summed E-state index contributed by atoms with van der Waals surface area (Å²) in [6, 6.07) is 12.2. The molecular formula is C18H21N5O. The summed E-state index contributed by atoms with van der Waals surface area (Å²) in [5.74, 6) is 1.65. The lowest BCUT2D eigenvalue weighted by molar-refractivity contribution is 0.294. The molecule has 0 spiro atoms. The van der Waals surface area contributed by atoms with Gasteiger partial charge in [-0.15, -0.1) is 0 Å². The zero-order valence-corrected chi connectivity index (χ0v) is 13.8. The Hall–Kier alpha value is -2.60. The largest absolute Gasteiger partial charge is 0.473 e. The molecule has 3 heterocycles. The Morgan fingerprint density at radius 1 is 1.17 bits per heavy atom. The molecule has 1 fully saturated rings. The molecule has 0 radical (unpaired) electrons. The Labute approximate surface area is 141 Å². The van der Waals surface area contributed by atoms with E-state index in [1.165, 1.54) is 0 Å². The number of ether oxygens (including phenoxy) is 1. The highest BCUT2D eigenvalue weighted by Crippen LogP contribution is 2.19. The van der Waals surface area contributed by atoms with Crippen molar-refractivity contribution in [1.29, 1.82) is 0 Å². The topological polar surface area (TPSA) is 55.2 Å². The number of anilines is 1. The van der Waals surface area contributed by atoms with Gasteiger partial charge in [0.2, 0.25) is 5.88 Å². The molecule has 6 heteroatoms. The summed E-state index contributed by atoms with van der Waals surface area (Å²) in [5.41, 5.74) is 2.22. The molecule has 0 saturated carbocycles. The molecule has 2 aromatic heterocycles. The average Bonchev–Trinajstić information content (AvgIpc) is 3.02. The number of aryl methyl sites for hydroxylation is 1. The smallest absolute Gasteiger partial charge is 0.215 e. The van der Waals surface area contributed by atoms with Crippen molar-refractivity contribution in [3.63, 3.8) is 0 Å². The molecule has 3 aromatic rings. The highest BCUT2D eigenvalue weighted by molar-refractivity contribution is 5.79. The fourth-order valence-electron chi connectivity index (χ4n) is 2.99. The van der Waals surface area contributed by atoms with Gasteiger partial charge >= 0.3 is 0 Å². The van der Waals surface area contributed by atoms with E-state index >= 15 is 0 Å². The number of aromatic nitrogens is 3. The third kappa shape index (κ3) is 3.05. The summed E-state index contributed by atoms with van der Waals surface area (Å²) in [5, 5.41) is 8.77. The fraction of sp³-hybridized carbons (Fsp3) is 0.333. The number of hydrogen-bond acceptors (Lipinski definition) is 5. The van der Waals surface area contributed by atoms with E-state index < -0.39 is 0 Å². The molecule has 0 aliphatic carbocycles. The summed E-state index contributed by atoms with van der Waals surface area (Å²) < 4.78 is 7.78. The molecule has 24 heavy (non-hydrogen) atoms. The normalized spacial score (nSPS) is 15.0. The van der Waals surface area contributed by atoms with Crippen LogP contribution in [-0.2, 0) is 13.7 Å². The van der Waals surface area contributed by atoms with Crippen LogP contribution in [0.2, 0.25) is 0 Å².